The maximum atomic E-state index is 10.4. The third-order valence-electron chi connectivity index (χ3n) is 4.74. The molecular formula is C21H27Cl2N5O. The molecule has 3 rings (SSSR count). The molecule has 1 atom stereocenters. The van der Waals surface area contributed by atoms with E-state index in [1.165, 1.54) is 12.8 Å². The third kappa shape index (κ3) is 6.49. The van der Waals surface area contributed by atoms with Gasteiger partial charge in [-0.15, -0.1) is 0 Å². The SMILES string of the molecule is CCNC(=NCc1ccc(N2CCCC2)nc1)NCC(O)c1cc(Cl)cc(Cl)c1. The minimum atomic E-state index is -0.753. The summed E-state index contributed by atoms with van der Waals surface area (Å²) in [4.78, 5) is 11.5. The van der Waals surface area contributed by atoms with Gasteiger partial charge in [-0.3, -0.25) is 0 Å². The first-order valence-corrected chi connectivity index (χ1v) is 10.7. The van der Waals surface area contributed by atoms with Gasteiger partial charge in [0.15, 0.2) is 5.96 Å². The molecule has 1 aliphatic rings. The lowest BCUT2D eigenvalue weighted by Crippen LogP contribution is -2.39. The Balaban J connectivity index is 1.57. The summed E-state index contributed by atoms with van der Waals surface area (Å²) in [5.41, 5.74) is 1.69. The molecule has 1 unspecified atom stereocenters. The lowest BCUT2D eigenvalue weighted by molar-refractivity contribution is 0.181. The summed E-state index contributed by atoms with van der Waals surface area (Å²) in [6.07, 6.45) is 3.59. The Morgan fingerprint density at radius 3 is 2.52 bits per heavy atom. The van der Waals surface area contributed by atoms with Crippen molar-refractivity contribution in [1.82, 2.24) is 15.6 Å². The predicted molar refractivity (Wildman–Crippen MR) is 120 cm³/mol. The van der Waals surface area contributed by atoms with Crippen molar-refractivity contribution in [3.05, 3.63) is 57.7 Å². The highest BCUT2D eigenvalue weighted by Crippen LogP contribution is 2.23. The van der Waals surface area contributed by atoms with Crippen LogP contribution in [-0.2, 0) is 6.54 Å². The number of pyridine rings is 1. The molecule has 1 aromatic heterocycles. The summed E-state index contributed by atoms with van der Waals surface area (Å²) < 4.78 is 0. The molecule has 1 fully saturated rings. The molecule has 1 aromatic carbocycles. The number of aliphatic hydroxyl groups excluding tert-OH is 1. The summed E-state index contributed by atoms with van der Waals surface area (Å²) in [6.45, 7) is 5.67. The summed E-state index contributed by atoms with van der Waals surface area (Å²) in [5.74, 6) is 1.66. The average molecular weight is 436 g/mol. The molecule has 0 radical (unpaired) electrons. The van der Waals surface area contributed by atoms with E-state index in [-0.39, 0.29) is 6.54 Å². The molecular weight excluding hydrogens is 409 g/mol. The largest absolute Gasteiger partial charge is 0.387 e. The number of guanidine groups is 1. The van der Waals surface area contributed by atoms with Gasteiger partial charge in [-0.25, -0.2) is 9.98 Å². The molecule has 0 bridgehead atoms. The quantitative estimate of drug-likeness (QED) is 0.455. The van der Waals surface area contributed by atoms with E-state index in [0.717, 1.165) is 31.0 Å². The van der Waals surface area contributed by atoms with Crippen LogP contribution in [0.1, 0.15) is 37.0 Å². The second-order valence-corrected chi connectivity index (χ2v) is 7.89. The molecule has 156 valence electrons. The van der Waals surface area contributed by atoms with Crippen molar-refractivity contribution in [2.45, 2.75) is 32.4 Å². The summed E-state index contributed by atoms with van der Waals surface area (Å²) >= 11 is 12.0. The van der Waals surface area contributed by atoms with Gasteiger partial charge in [0.2, 0.25) is 0 Å². The second kappa shape index (κ2) is 10.7. The molecule has 2 aromatic rings. The molecule has 0 spiro atoms. The van der Waals surface area contributed by atoms with Crippen LogP contribution >= 0.6 is 23.2 Å². The molecule has 29 heavy (non-hydrogen) atoms. The first-order chi connectivity index (χ1) is 14.0. The van der Waals surface area contributed by atoms with Crippen molar-refractivity contribution in [2.24, 2.45) is 4.99 Å². The monoisotopic (exact) mass is 435 g/mol. The van der Waals surface area contributed by atoms with Crippen LogP contribution in [0.2, 0.25) is 10.0 Å². The van der Waals surface area contributed by atoms with Crippen LogP contribution in [0, 0.1) is 0 Å². The smallest absolute Gasteiger partial charge is 0.191 e. The third-order valence-corrected chi connectivity index (χ3v) is 5.17. The number of halogens is 2. The number of benzene rings is 1. The van der Waals surface area contributed by atoms with E-state index in [1.807, 2.05) is 13.1 Å². The van der Waals surface area contributed by atoms with Crippen LogP contribution in [0.4, 0.5) is 5.82 Å². The van der Waals surface area contributed by atoms with Gasteiger partial charge in [0.05, 0.1) is 12.6 Å². The van der Waals surface area contributed by atoms with Gasteiger partial charge in [0.1, 0.15) is 5.82 Å². The fourth-order valence-electron chi connectivity index (χ4n) is 3.23. The minimum Gasteiger partial charge on any atom is -0.387 e. The molecule has 1 saturated heterocycles. The zero-order valence-electron chi connectivity index (χ0n) is 16.5. The first-order valence-electron chi connectivity index (χ1n) is 9.91. The highest BCUT2D eigenvalue weighted by molar-refractivity contribution is 6.34. The maximum absolute atomic E-state index is 10.4. The number of aliphatic imine (C=N–C) groups is 1. The van der Waals surface area contributed by atoms with Gasteiger partial charge in [0.25, 0.3) is 0 Å². The number of anilines is 1. The fraction of sp³-hybridized carbons (Fsp3) is 0.429. The van der Waals surface area contributed by atoms with Gasteiger partial charge >= 0.3 is 0 Å². The van der Waals surface area contributed by atoms with Crippen LogP contribution < -0.4 is 15.5 Å². The predicted octanol–water partition coefficient (Wildman–Crippen LogP) is 3.78. The lowest BCUT2D eigenvalue weighted by Gasteiger charge is -2.17. The van der Waals surface area contributed by atoms with Crippen LogP contribution in [0.5, 0.6) is 0 Å². The molecule has 3 N–H and O–H groups in total. The zero-order valence-corrected chi connectivity index (χ0v) is 18.0. The van der Waals surface area contributed by atoms with Crippen molar-refractivity contribution in [1.29, 1.82) is 0 Å². The average Bonchev–Trinajstić information content (AvgIpc) is 3.24. The van der Waals surface area contributed by atoms with Gasteiger partial charge in [-0.1, -0.05) is 29.3 Å². The molecule has 2 heterocycles. The Hall–Kier alpha value is -2.02. The van der Waals surface area contributed by atoms with Gasteiger partial charge in [-0.2, -0.15) is 0 Å². The van der Waals surface area contributed by atoms with Crippen molar-refractivity contribution < 1.29 is 5.11 Å². The van der Waals surface area contributed by atoms with E-state index >= 15 is 0 Å². The summed E-state index contributed by atoms with van der Waals surface area (Å²) in [6, 6.07) is 9.18. The summed E-state index contributed by atoms with van der Waals surface area (Å²) in [7, 11) is 0. The molecule has 0 aliphatic carbocycles. The number of hydrogen-bond acceptors (Lipinski definition) is 4. The number of nitrogens with one attached hydrogen (secondary N) is 2. The Labute approximate surface area is 182 Å². The lowest BCUT2D eigenvalue weighted by atomic mass is 10.1. The molecule has 0 amide bonds. The number of aromatic nitrogens is 1. The zero-order chi connectivity index (χ0) is 20.6. The van der Waals surface area contributed by atoms with E-state index in [1.54, 1.807) is 18.2 Å². The summed E-state index contributed by atoms with van der Waals surface area (Å²) in [5, 5.41) is 17.8. The normalized spacial score (nSPS) is 15.4. The number of nitrogens with zero attached hydrogens (tertiary/aromatic N) is 3. The van der Waals surface area contributed by atoms with E-state index in [2.05, 4.69) is 37.6 Å². The van der Waals surface area contributed by atoms with Crippen molar-refractivity contribution >= 4 is 35.0 Å². The van der Waals surface area contributed by atoms with Gasteiger partial charge in [0, 0.05) is 42.4 Å². The fourth-order valence-corrected chi connectivity index (χ4v) is 3.78. The standard InChI is InChI=1S/C21H27Cl2N5O/c1-2-24-21(27-14-19(29)16-9-17(22)11-18(23)10-16)26-13-15-5-6-20(25-12-15)28-7-3-4-8-28/h5-6,9-12,19,29H,2-4,7-8,13-14H2,1H3,(H2,24,26,27). The maximum Gasteiger partial charge on any atom is 0.191 e. The highest BCUT2D eigenvalue weighted by atomic mass is 35.5. The molecule has 1 aliphatic heterocycles. The van der Waals surface area contributed by atoms with E-state index in [9.17, 15) is 5.11 Å². The van der Waals surface area contributed by atoms with E-state index < -0.39 is 6.10 Å². The minimum absolute atomic E-state index is 0.286. The number of aliphatic hydroxyl groups is 1. The Bertz CT molecular complexity index is 802. The van der Waals surface area contributed by atoms with E-state index in [0.29, 0.717) is 28.1 Å². The number of rotatable bonds is 7. The molecule has 0 saturated carbocycles. The number of hydrogen-bond donors (Lipinski definition) is 3. The Morgan fingerprint density at radius 2 is 1.90 bits per heavy atom. The van der Waals surface area contributed by atoms with Gasteiger partial charge < -0.3 is 20.6 Å². The van der Waals surface area contributed by atoms with Crippen molar-refractivity contribution in [3.63, 3.8) is 0 Å². The Morgan fingerprint density at radius 1 is 1.17 bits per heavy atom. The highest BCUT2D eigenvalue weighted by Gasteiger charge is 2.13. The molecule has 6 nitrogen and oxygen atoms in total. The van der Waals surface area contributed by atoms with Crippen molar-refractivity contribution in [3.8, 4) is 0 Å². The van der Waals surface area contributed by atoms with Crippen LogP contribution in [0.25, 0.3) is 0 Å². The van der Waals surface area contributed by atoms with Crippen LogP contribution in [-0.4, -0.2) is 42.2 Å². The van der Waals surface area contributed by atoms with Crippen molar-refractivity contribution in [2.75, 3.05) is 31.1 Å². The Kier molecular flexibility index (Phi) is 7.98. The van der Waals surface area contributed by atoms with E-state index in [4.69, 9.17) is 23.2 Å². The second-order valence-electron chi connectivity index (χ2n) is 7.01. The van der Waals surface area contributed by atoms with Gasteiger partial charge in [-0.05, 0) is 55.2 Å². The van der Waals surface area contributed by atoms with Crippen LogP contribution in [0.15, 0.2) is 41.5 Å². The molecule has 8 heteroatoms. The topological polar surface area (TPSA) is 72.8 Å². The van der Waals surface area contributed by atoms with Crippen LogP contribution in [0.3, 0.4) is 0 Å². The first kappa shape index (κ1) is 21.7.